The van der Waals surface area contributed by atoms with Crippen LogP contribution in [-0.2, 0) is 4.74 Å². The van der Waals surface area contributed by atoms with Crippen molar-refractivity contribution in [3.05, 3.63) is 29.1 Å². The number of fused-ring (bicyclic) bond motifs is 1. The molecule has 0 aliphatic carbocycles. The van der Waals surface area contributed by atoms with Gasteiger partial charge in [-0.1, -0.05) is 0 Å². The van der Waals surface area contributed by atoms with Crippen molar-refractivity contribution in [1.82, 2.24) is 9.78 Å². The summed E-state index contributed by atoms with van der Waals surface area (Å²) < 4.78 is 21.0. The van der Waals surface area contributed by atoms with Crippen molar-refractivity contribution in [3.8, 4) is 0 Å². The summed E-state index contributed by atoms with van der Waals surface area (Å²) in [5.41, 5.74) is 0.493. The molecule has 0 amide bonds. The first-order valence-corrected chi connectivity index (χ1v) is 5.92. The first-order valence-electron chi connectivity index (χ1n) is 5.92. The summed E-state index contributed by atoms with van der Waals surface area (Å²) in [4.78, 5) is 10.7. The van der Waals surface area contributed by atoms with Gasteiger partial charge in [-0.15, -0.1) is 4.91 Å². The Balaban J connectivity index is 2.15. The Morgan fingerprint density at radius 1 is 1.44 bits per heavy atom. The van der Waals surface area contributed by atoms with Crippen LogP contribution in [0.15, 0.2) is 23.5 Å². The predicted octanol–water partition coefficient (Wildman–Crippen LogP) is 3.27. The molecule has 0 saturated carbocycles. The minimum absolute atomic E-state index is 0.202. The molecule has 6 heteroatoms. The molecule has 1 aromatic carbocycles. The van der Waals surface area contributed by atoms with Gasteiger partial charge in [0, 0.05) is 6.61 Å². The second kappa shape index (κ2) is 4.45. The zero-order valence-electron chi connectivity index (χ0n) is 9.67. The maximum atomic E-state index is 13.9. The second-order valence-corrected chi connectivity index (χ2v) is 4.33. The van der Waals surface area contributed by atoms with Gasteiger partial charge in [-0.2, -0.15) is 5.10 Å². The van der Waals surface area contributed by atoms with E-state index in [1.54, 1.807) is 0 Å². The lowest BCUT2D eigenvalue weighted by atomic mass is 10.1. The van der Waals surface area contributed by atoms with E-state index in [9.17, 15) is 9.30 Å². The molecule has 0 bridgehead atoms. The maximum Gasteiger partial charge on any atom is 0.150 e. The lowest BCUT2D eigenvalue weighted by molar-refractivity contribution is -0.0369. The normalized spacial score (nSPS) is 20.2. The van der Waals surface area contributed by atoms with Crippen molar-refractivity contribution in [1.29, 1.82) is 0 Å². The van der Waals surface area contributed by atoms with E-state index in [1.165, 1.54) is 23.0 Å². The van der Waals surface area contributed by atoms with Crippen LogP contribution >= 0.6 is 0 Å². The van der Waals surface area contributed by atoms with Crippen LogP contribution in [0.5, 0.6) is 0 Å². The van der Waals surface area contributed by atoms with Crippen LogP contribution < -0.4 is 0 Å². The third kappa shape index (κ3) is 1.69. The van der Waals surface area contributed by atoms with E-state index in [2.05, 4.69) is 10.3 Å². The van der Waals surface area contributed by atoms with Crippen LogP contribution in [0.2, 0.25) is 0 Å². The monoisotopic (exact) mass is 249 g/mol. The van der Waals surface area contributed by atoms with Crippen LogP contribution in [-0.4, -0.2) is 16.4 Å². The minimum atomic E-state index is -0.413. The molecular weight excluding hydrogens is 237 g/mol. The number of hydrogen-bond donors (Lipinski definition) is 0. The largest absolute Gasteiger partial charge is 0.356 e. The van der Waals surface area contributed by atoms with Crippen molar-refractivity contribution >= 4 is 16.6 Å². The minimum Gasteiger partial charge on any atom is -0.356 e. The van der Waals surface area contributed by atoms with Crippen LogP contribution in [0, 0.1) is 10.7 Å². The Bertz CT molecular complexity index is 590. The Morgan fingerprint density at radius 3 is 3.06 bits per heavy atom. The molecule has 1 fully saturated rings. The van der Waals surface area contributed by atoms with Crippen LogP contribution in [0.25, 0.3) is 10.9 Å². The van der Waals surface area contributed by atoms with Crippen molar-refractivity contribution in [2.24, 2.45) is 5.18 Å². The summed E-state index contributed by atoms with van der Waals surface area (Å²) >= 11 is 0. The van der Waals surface area contributed by atoms with Gasteiger partial charge in [-0.3, -0.25) is 0 Å². The van der Waals surface area contributed by atoms with Gasteiger partial charge in [-0.25, -0.2) is 9.07 Å². The van der Waals surface area contributed by atoms with Gasteiger partial charge >= 0.3 is 0 Å². The van der Waals surface area contributed by atoms with Gasteiger partial charge in [0.05, 0.1) is 11.6 Å². The fourth-order valence-electron chi connectivity index (χ4n) is 2.32. The van der Waals surface area contributed by atoms with Crippen LogP contribution in [0.1, 0.15) is 25.5 Å². The second-order valence-electron chi connectivity index (χ2n) is 4.33. The van der Waals surface area contributed by atoms with Crippen molar-refractivity contribution in [2.75, 3.05) is 6.61 Å². The van der Waals surface area contributed by atoms with E-state index >= 15 is 0 Å². The number of aromatic nitrogens is 2. The molecule has 1 aliphatic rings. The lowest BCUT2D eigenvalue weighted by Gasteiger charge is -2.23. The highest BCUT2D eigenvalue weighted by Crippen LogP contribution is 2.32. The molecule has 94 valence electrons. The highest BCUT2D eigenvalue weighted by Gasteiger charge is 2.21. The van der Waals surface area contributed by atoms with Gasteiger partial charge in [0.1, 0.15) is 17.0 Å². The average molecular weight is 249 g/mol. The molecule has 1 atom stereocenters. The quantitative estimate of drug-likeness (QED) is 0.767. The molecule has 2 aromatic rings. The summed E-state index contributed by atoms with van der Waals surface area (Å²) in [6.45, 7) is 0.652. The van der Waals surface area contributed by atoms with Gasteiger partial charge in [-0.05, 0) is 36.6 Å². The summed E-state index contributed by atoms with van der Waals surface area (Å²) in [7, 11) is 0. The molecular formula is C12H12FN3O2. The lowest BCUT2D eigenvalue weighted by Crippen LogP contribution is -2.19. The molecule has 2 heterocycles. The number of rotatable bonds is 2. The predicted molar refractivity (Wildman–Crippen MR) is 64.0 cm³/mol. The van der Waals surface area contributed by atoms with E-state index < -0.39 is 5.82 Å². The zero-order chi connectivity index (χ0) is 12.5. The first kappa shape index (κ1) is 11.3. The molecule has 5 nitrogen and oxygen atoms in total. The molecule has 1 saturated heterocycles. The molecule has 1 aromatic heterocycles. The smallest absolute Gasteiger partial charge is 0.150 e. The molecule has 0 radical (unpaired) electrons. The Labute approximate surface area is 103 Å². The zero-order valence-corrected chi connectivity index (χ0v) is 9.67. The fourth-order valence-corrected chi connectivity index (χ4v) is 2.32. The Kier molecular flexibility index (Phi) is 2.79. The topological polar surface area (TPSA) is 56.5 Å². The van der Waals surface area contributed by atoms with Gasteiger partial charge in [0.25, 0.3) is 0 Å². The molecule has 1 unspecified atom stereocenters. The van der Waals surface area contributed by atoms with Crippen molar-refractivity contribution in [2.45, 2.75) is 25.5 Å². The molecule has 18 heavy (non-hydrogen) atoms. The maximum absolute atomic E-state index is 13.9. The van der Waals surface area contributed by atoms with E-state index in [0.717, 1.165) is 19.3 Å². The summed E-state index contributed by atoms with van der Waals surface area (Å²) in [6, 6.07) is 2.60. The van der Waals surface area contributed by atoms with E-state index in [0.29, 0.717) is 17.5 Å². The highest BCUT2D eigenvalue weighted by atomic mass is 19.1. The molecule has 0 N–H and O–H groups in total. The van der Waals surface area contributed by atoms with E-state index in [4.69, 9.17) is 4.74 Å². The third-order valence-electron chi connectivity index (χ3n) is 3.21. The van der Waals surface area contributed by atoms with Crippen molar-refractivity contribution < 1.29 is 9.13 Å². The average Bonchev–Trinajstić information content (AvgIpc) is 2.86. The SMILES string of the molecule is O=Nc1ccc(F)c2c1cnn2C1CCCCO1. The van der Waals surface area contributed by atoms with Crippen LogP contribution in [0.3, 0.4) is 0 Å². The van der Waals surface area contributed by atoms with Crippen molar-refractivity contribution in [3.63, 3.8) is 0 Å². The van der Waals surface area contributed by atoms with E-state index in [-0.39, 0.29) is 11.9 Å². The van der Waals surface area contributed by atoms with Gasteiger partial charge in [0.15, 0.2) is 6.23 Å². The molecule has 3 rings (SSSR count). The Morgan fingerprint density at radius 2 is 2.33 bits per heavy atom. The standard InChI is InChI=1S/C12H12FN3O2/c13-9-4-5-10(15-17)8-7-14-16(12(8)9)11-3-1-2-6-18-11/h4-5,7,11H,1-3,6H2. The van der Waals surface area contributed by atoms with Gasteiger partial charge < -0.3 is 4.74 Å². The number of halogens is 1. The molecule has 1 aliphatic heterocycles. The number of ether oxygens (including phenoxy) is 1. The van der Waals surface area contributed by atoms with Crippen LogP contribution in [0.4, 0.5) is 10.1 Å². The highest BCUT2D eigenvalue weighted by molar-refractivity contribution is 5.90. The number of nitroso groups, excluding NO2 is 1. The summed E-state index contributed by atoms with van der Waals surface area (Å²) in [5, 5.41) is 7.46. The summed E-state index contributed by atoms with van der Waals surface area (Å²) in [6.07, 6.45) is 4.05. The van der Waals surface area contributed by atoms with Gasteiger partial charge in [0.2, 0.25) is 0 Å². The fraction of sp³-hybridized carbons (Fsp3) is 0.417. The number of benzene rings is 1. The Hall–Kier alpha value is -1.82. The number of hydrogen-bond acceptors (Lipinski definition) is 4. The summed E-state index contributed by atoms with van der Waals surface area (Å²) in [5.74, 6) is -0.413. The van der Waals surface area contributed by atoms with E-state index in [1.807, 2.05) is 0 Å². The molecule has 0 spiro atoms. The number of nitrogens with zero attached hydrogens (tertiary/aromatic N) is 3. The first-order chi connectivity index (χ1) is 8.81. The third-order valence-corrected chi connectivity index (χ3v) is 3.21.